The molecule has 0 fully saturated rings. The summed E-state index contributed by atoms with van der Waals surface area (Å²) in [6, 6.07) is 16.7. The van der Waals surface area contributed by atoms with Crippen LogP contribution in [0.5, 0.6) is 0 Å². The van der Waals surface area contributed by atoms with Crippen molar-refractivity contribution in [2.45, 2.75) is 73.6 Å². The van der Waals surface area contributed by atoms with E-state index in [-0.39, 0.29) is 0 Å². The van der Waals surface area contributed by atoms with Gasteiger partial charge in [0.1, 0.15) is 0 Å². The molecule has 0 aliphatic heterocycles. The molecular formula is C31H42N2. The molecule has 2 nitrogen and oxygen atoms in total. The van der Waals surface area contributed by atoms with Gasteiger partial charge in [-0.15, -0.1) is 0 Å². The number of hydrogen-bond donors (Lipinski definition) is 0. The predicted molar refractivity (Wildman–Crippen MR) is 147 cm³/mol. The molecule has 1 aliphatic carbocycles. The van der Waals surface area contributed by atoms with Crippen LogP contribution in [0.4, 0.5) is 11.4 Å². The van der Waals surface area contributed by atoms with E-state index in [2.05, 4.69) is 84.8 Å². The minimum Gasteiger partial charge on any atom is -0.151 e. The van der Waals surface area contributed by atoms with Crippen molar-refractivity contribution in [1.29, 1.82) is 0 Å². The summed E-state index contributed by atoms with van der Waals surface area (Å²) in [5.41, 5.74) is 7.09. The molecule has 0 N–H and O–H groups in total. The van der Waals surface area contributed by atoms with E-state index in [9.17, 15) is 0 Å². The lowest BCUT2D eigenvalue weighted by atomic mass is 10.00. The van der Waals surface area contributed by atoms with Crippen LogP contribution in [0.25, 0.3) is 0 Å². The van der Waals surface area contributed by atoms with Gasteiger partial charge in [0.2, 0.25) is 0 Å². The molecule has 0 heterocycles. The summed E-state index contributed by atoms with van der Waals surface area (Å²) in [6.07, 6.45) is 18.7. The number of azo groups is 1. The highest BCUT2D eigenvalue weighted by Crippen LogP contribution is 2.22. The van der Waals surface area contributed by atoms with Crippen molar-refractivity contribution < 1.29 is 0 Å². The molecule has 0 spiro atoms. The Labute approximate surface area is 202 Å². The molecular weight excluding hydrogens is 400 g/mol. The summed E-state index contributed by atoms with van der Waals surface area (Å²) in [5.74, 6) is 0. The van der Waals surface area contributed by atoms with E-state index >= 15 is 0 Å². The van der Waals surface area contributed by atoms with Crippen LogP contribution in [0.15, 0.2) is 106 Å². The lowest BCUT2D eigenvalue weighted by Gasteiger charge is -2.07. The highest BCUT2D eigenvalue weighted by Gasteiger charge is 2.01. The van der Waals surface area contributed by atoms with Gasteiger partial charge in [-0.3, -0.25) is 0 Å². The minimum atomic E-state index is 0.876. The summed E-state index contributed by atoms with van der Waals surface area (Å²) in [4.78, 5) is 0. The van der Waals surface area contributed by atoms with Crippen LogP contribution in [-0.4, -0.2) is 0 Å². The molecule has 2 aromatic carbocycles. The molecule has 0 saturated heterocycles. The number of nitrogens with zero attached hydrogens (tertiary/aromatic N) is 2. The first-order chi connectivity index (χ1) is 16.3. The molecule has 33 heavy (non-hydrogen) atoms. The summed E-state index contributed by atoms with van der Waals surface area (Å²) >= 11 is 0. The SMILES string of the molecule is C/C=C(\C=C/CC)Cc1ccc(N=Nc2ccc(CC3=CCCC=C3)cc2)cc1.CC.CC. The van der Waals surface area contributed by atoms with Crippen molar-refractivity contribution >= 4 is 11.4 Å². The van der Waals surface area contributed by atoms with E-state index in [0.29, 0.717) is 0 Å². The van der Waals surface area contributed by atoms with Crippen LogP contribution in [0, 0.1) is 0 Å². The molecule has 2 aromatic rings. The third-order valence-electron chi connectivity index (χ3n) is 4.98. The standard InChI is InChI=1S/C27H30N2.2C2H6/c1-3-5-9-22(4-2)20-24-12-16-26(17-13-24)28-29-27-18-14-25(15-19-27)21-23-10-7-6-8-11-23;2*1-2/h4-5,7,9-19H,3,6,8,20-21H2,1-2H3;2*1-2H3/b9-5-,22-4+,29-28?;;. The molecule has 0 atom stereocenters. The van der Waals surface area contributed by atoms with Crippen LogP contribution in [0.3, 0.4) is 0 Å². The van der Waals surface area contributed by atoms with Crippen LogP contribution in [0.1, 0.15) is 71.9 Å². The topological polar surface area (TPSA) is 24.7 Å². The Balaban J connectivity index is 0.00000129. The molecule has 3 rings (SSSR count). The van der Waals surface area contributed by atoms with Crippen LogP contribution in [0.2, 0.25) is 0 Å². The van der Waals surface area contributed by atoms with Gasteiger partial charge in [-0.2, -0.15) is 10.2 Å². The first-order valence-electron chi connectivity index (χ1n) is 12.5. The summed E-state index contributed by atoms with van der Waals surface area (Å²) in [5, 5.41) is 8.77. The van der Waals surface area contributed by atoms with E-state index in [1.807, 2.05) is 52.0 Å². The fourth-order valence-corrected chi connectivity index (χ4v) is 3.27. The normalized spacial score (nSPS) is 13.3. The van der Waals surface area contributed by atoms with Gasteiger partial charge in [0.25, 0.3) is 0 Å². The Morgan fingerprint density at radius 2 is 1.39 bits per heavy atom. The lowest BCUT2D eigenvalue weighted by molar-refractivity contribution is 0.994. The van der Waals surface area contributed by atoms with Gasteiger partial charge in [0.15, 0.2) is 0 Å². The number of benzene rings is 2. The van der Waals surface area contributed by atoms with E-state index in [1.165, 1.54) is 22.3 Å². The highest BCUT2D eigenvalue weighted by atomic mass is 15.1. The van der Waals surface area contributed by atoms with Gasteiger partial charge in [0.05, 0.1) is 11.4 Å². The van der Waals surface area contributed by atoms with Gasteiger partial charge in [-0.1, -0.05) is 95.3 Å². The van der Waals surface area contributed by atoms with Crippen molar-refractivity contribution in [2.75, 3.05) is 0 Å². The zero-order valence-corrected chi connectivity index (χ0v) is 21.5. The Morgan fingerprint density at radius 1 is 0.818 bits per heavy atom. The van der Waals surface area contributed by atoms with Crippen molar-refractivity contribution in [3.8, 4) is 0 Å². The second-order valence-corrected chi connectivity index (χ2v) is 7.32. The maximum absolute atomic E-state index is 4.39. The number of rotatable bonds is 8. The third-order valence-corrected chi connectivity index (χ3v) is 4.98. The van der Waals surface area contributed by atoms with E-state index in [0.717, 1.165) is 43.5 Å². The minimum absolute atomic E-state index is 0.876. The largest absolute Gasteiger partial charge is 0.151 e. The maximum atomic E-state index is 4.39. The van der Waals surface area contributed by atoms with E-state index < -0.39 is 0 Å². The fraction of sp³-hybridized carbons (Fsp3) is 0.355. The molecule has 176 valence electrons. The van der Waals surface area contributed by atoms with Crippen LogP contribution >= 0.6 is 0 Å². The monoisotopic (exact) mass is 442 g/mol. The molecule has 0 amide bonds. The Morgan fingerprint density at radius 3 is 1.88 bits per heavy atom. The molecule has 0 aromatic heterocycles. The highest BCUT2D eigenvalue weighted by molar-refractivity contribution is 5.43. The molecule has 0 radical (unpaired) electrons. The maximum Gasteiger partial charge on any atom is 0.0857 e. The third kappa shape index (κ3) is 10.9. The molecule has 0 saturated carbocycles. The zero-order chi connectivity index (χ0) is 24.3. The van der Waals surface area contributed by atoms with Crippen molar-refractivity contribution in [2.24, 2.45) is 10.2 Å². The molecule has 1 aliphatic rings. The Bertz CT molecular complexity index is 924. The van der Waals surface area contributed by atoms with Crippen LogP contribution < -0.4 is 0 Å². The average molecular weight is 443 g/mol. The first kappa shape index (κ1) is 28.0. The second kappa shape index (κ2) is 17.5. The van der Waals surface area contributed by atoms with Crippen molar-refractivity contribution in [3.05, 3.63) is 107 Å². The summed E-state index contributed by atoms with van der Waals surface area (Å²) in [6.45, 7) is 12.2. The van der Waals surface area contributed by atoms with Gasteiger partial charge < -0.3 is 0 Å². The summed E-state index contributed by atoms with van der Waals surface area (Å²) in [7, 11) is 0. The van der Waals surface area contributed by atoms with Gasteiger partial charge in [0, 0.05) is 0 Å². The van der Waals surface area contributed by atoms with E-state index in [1.54, 1.807) is 0 Å². The Hall–Kier alpha value is -3.00. The molecule has 2 heteroatoms. The smallest absolute Gasteiger partial charge is 0.0857 e. The average Bonchev–Trinajstić information content (AvgIpc) is 2.90. The number of hydrogen-bond acceptors (Lipinski definition) is 2. The van der Waals surface area contributed by atoms with Gasteiger partial charge >= 0.3 is 0 Å². The summed E-state index contributed by atoms with van der Waals surface area (Å²) < 4.78 is 0. The zero-order valence-electron chi connectivity index (χ0n) is 21.5. The fourth-order valence-electron chi connectivity index (χ4n) is 3.27. The second-order valence-electron chi connectivity index (χ2n) is 7.32. The molecule has 0 bridgehead atoms. The Kier molecular flexibility index (Phi) is 14.9. The van der Waals surface area contributed by atoms with Gasteiger partial charge in [-0.25, -0.2) is 0 Å². The quantitative estimate of drug-likeness (QED) is 0.287. The van der Waals surface area contributed by atoms with Crippen LogP contribution in [-0.2, 0) is 12.8 Å². The lowest BCUT2D eigenvalue weighted by Crippen LogP contribution is -1.90. The first-order valence-corrected chi connectivity index (χ1v) is 12.5. The predicted octanol–water partition coefficient (Wildman–Crippen LogP) is 10.4. The number of allylic oxidation sites excluding steroid dienone is 8. The van der Waals surface area contributed by atoms with Crippen molar-refractivity contribution in [1.82, 2.24) is 0 Å². The van der Waals surface area contributed by atoms with Gasteiger partial charge in [-0.05, 0) is 85.6 Å². The molecule has 0 unspecified atom stereocenters. The van der Waals surface area contributed by atoms with Crippen molar-refractivity contribution in [3.63, 3.8) is 0 Å². The van der Waals surface area contributed by atoms with E-state index in [4.69, 9.17) is 0 Å².